The van der Waals surface area contributed by atoms with Gasteiger partial charge in [0.05, 0.1) is 13.2 Å². The quantitative estimate of drug-likeness (QED) is 0.408. The minimum Gasteiger partial charge on any atom is -0.353 e. The predicted octanol–water partition coefficient (Wildman–Crippen LogP) is 4.73. The summed E-state index contributed by atoms with van der Waals surface area (Å²) in [6.07, 6.45) is 2.48. The fourth-order valence-corrected chi connectivity index (χ4v) is 4.65. The predicted molar refractivity (Wildman–Crippen MR) is 132 cm³/mol. The molecule has 2 heterocycles. The van der Waals surface area contributed by atoms with Crippen molar-refractivity contribution < 1.29 is 18.3 Å². The zero-order chi connectivity index (χ0) is 24.9. The van der Waals surface area contributed by atoms with E-state index < -0.39 is 22.9 Å². The Hall–Kier alpha value is -2.62. The molecule has 2 atom stereocenters. The molecule has 0 spiro atoms. The summed E-state index contributed by atoms with van der Waals surface area (Å²) < 4.78 is 42.8. The van der Waals surface area contributed by atoms with Crippen LogP contribution in [0.4, 0.5) is 8.78 Å². The minimum absolute atomic E-state index is 0.0348. The summed E-state index contributed by atoms with van der Waals surface area (Å²) in [5.74, 6) is -1.83. The van der Waals surface area contributed by atoms with E-state index in [0.29, 0.717) is 12.3 Å². The van der Waals surface area contributed by atoms with Gasteiger partial charge in [-0.25, -0.2) is 13.6 Å². The maximum Gasteiger partial charge on any atom is 0.331 e. The van der Waals surface area contributed by atoms with E-state index in [4.69, 9.17) is 9.47 Å². The van der Waals surface area contributed by atoms with Crippen LogP contribution in [-0.2, 0) is 22.6 Å². The largest absolute Gasteiger partial charge is 0.353 e. The first-order chi connectivity index (χ1) is 16.9. The summed E-state index contributed by atoms with van der Waals surface area (Å²) in [7, 11) is 0. The average Bonchev–Trinajstić information content (AvgIpc) is 2.87. The third kappa shape index (κ3) is 5.79. The molecular formula is C26H27BrF2N2O4. The van der Waals surface area contributed by atoms with Crippen molar-refractivity contribution in [3.05, 3.63) is 102 Å². The van der Waals surface area contributed by atoms with E-state index in [0.717, 1.165) is 41.5 Å². The molecule has 0 N–H and O–H groups in total. The highest BCUT2D eigenvalue weighted by Crippen LogP contribution is 2.22. The number of halogens is 3. The Labute approximate surface area is 210 Å². The Morgan fingerprint density at radius 1 is 1.06 bits per heavy atom. The minimum atomic E-state index is -0.756. The van der Waals surface area contributed by atoms with Crippen molar-refractivity contribution in [1.29, 1.82) is 0 Å². The van der Waals surface area contributed by atoms with E-state index in [1.54, 1.807) is 6.92 Å². The molecule has 0 bridgehead atoms. The smallest absolute Gasteiger partial charge is 0.331 e. The summed E-state index contributed by atoms with van der Waals surface area (Å²) in [6, 6.07) is 13.0. The molecule has 0 aliphatic carbocycles. The van der Waals surface area contributed by atoms with Crippen LogP contribution in [0, 0.1) is 18.6 Å². The Morgan fingerprint density at radius 3 is 2.43 bits per heavy atom. The van der Waals surface area contributed by atoms with E-state index in [2.05, 4.69) is 15.9 Å². The van der Waals surface area contributed by atoms with Crippen LogP contribution in [0.5, 0.6) is 0 Å². The molecule has 1 saturated heterocycles. The van der Waals surface area contributed by atoms with Crippen LogP contribution in [0.25, 0.3) is 0 Å². The van der Waals surface area contributed by atoms with Gasteiger partial charge in [0.2, 0.25) is 0 Å². The number of rotatable bonds is 8. The van der Waals surface area contributed by atoms with Crippen LogP contribution >= 0.6 is 15.9 Å². The molecule has 1 aromatic heterocycles. The van der Waals surface area contributed by atoms with Crippen molar-refractivity contribution in [1.82, 2.24) is 9.13 Å². The zero-order valence-electron chi connectivity index (χ0n) is 19.4. The number of aromatic nitrogens is 2. The molecule has 0 radical (unpaired) electrons. The van der Waals surface area contributed by atoms with Crippen molar-refractivity contribution in [3.63, 3.8) is 0 Å². The van der Waals surface area contributed by atoms with Crippen LogP contribution < -0.4 is 11.2 Å². The number of hydrogen-bond acceptors (Lipinski definition) is 4. The lowest BCUT2D eigenvalue weighted by Gasteiger charge is -2.26. The topological polar surface area (TPSA) is 62.5 Å². The van der Waals surface area contributed by atoms with Gasteiger partial charge in [-0.2, -0.15) is 0 Å². The van der Waals surface area contributed by atoms with Gasteiger partial charge in [-0.3, -0.25) is 13.9 Å². The lowest BCUT2D eigenvalue weighted by atomic mass is 10.00. The Bertz CT molecular complexity index is 1270. The summed E-state index contributed by atoms with van der Waals surface area (Å²) in [5.41, 5.74) is -0.201. The lowest BCUT2D eigenvalue weighted by molar-refractivity contribution is -0.165. The molecular weight excluding hydrogens is 522 g/mol. The molecule has 1 fully saturated rings. The number of hydrogen-bond donors (Lipinski definition) is 0. The van der Waals surface area contributed by atoms with Crippen molar-refractivity contribution in [3.8, 4) is 0 Å². The summed E-state index contributed by atoms with van der Waals surface area (Å²) >= 11 is 3.28. The van der Waals surface area contributed by atoms with E-state index in [9.17, 15) is 18.4 Å². The molecule has 2 aromatic carbocycles. The van der Waals surface area contributed by atoms with Crippen LogP contribution in [0.15, 0.2) is 62.6 Å². The third-order valence-electron chi connectivity index (χ3n) is 6.29. The van der Waals surface area contributed by atoms with Gasteiger partial charge in [-0.15, -0.1) is 0 Å². The van der Waals surface area contributed by atoms with Gasteiger partial charge >= 0.3 is 5.69 Å². The van der Waals surface area contributed by atoms with Crippen molar-refractivity contribution in [2.45, 2.75) is 51.5 Å². The Balaban J connectivity index is 1.69. The summed E-state index contributed by atoms with van der Waals surface area (Å²) in [5, 5.41) is 0. The van der Waals surface area contributed by atoms with Crippen molar-refractivity contribution in [2.75, 3.05) is 13.2 Å². The Morgan fingerprint density at radius 2 is 1.77 bits per heavy atom. The molecule has 0 saturated carbocycles. The van der Waals surface area contributed by atoms with E-state index in [-0.39, 0.29) is 41.9 Å². The highest BCUT2D eigenvalue weighted by molar-refractivity contribution is 9.10. The highest BCUT2D eigenvalue weighted by Gasteiger charge is 2.23. The third-order valence-corrected chi connectivity index (χ3v) is 7.20. The van der Waals surface area contributed by atoms with Gasteiger partial charge in [0.1, 0.15) is 16.1 Å². The molecule has 186 valence electrons. The molecule has 3 aromatic rings. The molecule has 1 unspecified atom stereocenters. The summed E-state index contributed by atoms with van der Waals surface area (Å²) in [6.45, 7) is 2.14. The lowest BCUT2D eigenvalue weighted by Crippen LogP contribution is -2.43. The Kier molecular flexibility index (Phi) is 8.30. The van der Waals surface area contributed by atoms with Crippen LogP contribution in [-0.4, -0.2) is 28.6 Å². The highest BCUT2D eigenvalue weighted by atomic mass is 79.9. The van der Waals surface area contributed by atoms with Gasteiger partial charge < -0.3 is 9.47 Å². The van der Waals surface area contributed by atoms with Gasteiger partial charge in [0.25, 0.3) is 5.56 Å². The van der Waals surface area contributed by atoms with E-state index >= 15 is 0 Å². The fraction of sp³-hybridized carbons (Fsp3) is 0.385. The average molecular weight is 549 g/mol. The number of nitrogens with zero attached hydrogens (tertiary/aromatic N) is 2. The molecule has 1 aliphatic heterocycles. The van der Waals surface area contributed by atoms with Gasteiger partial charge in [-0.05, 0) is 59.8 Å². The van der Waals surface area contributed by atoms with Crippen LogP contribution in [0.2, 0.25) is 0 Å². The van der Waals surface area contributed by atoms with Gasteiger partial charge in [0, 0.05) is 30.3 Å². The van der Waals surface area contributed by atoms with Gasteiger partial charge in [0.15, 0.2) is 6.29 Å². The molecule has 35 heavy (non-hydrogen) atoms. The van der Waals surface area contributed by atoms with Crippen molar-refractivity contribution >= 4 is 15.9 Å². The fourth-order valence-electron chi connectivity index (χ4n) is 4.22. The SMILES string of the molecule is Cc1c(Br)c(=O)n(C[C@@H](COC2CCCCO2)c2ccccc2)c(=O)n1Cc1c(F)cccc1F. The maximum atomic E-state index is 14.3. The van der Waals surface area contributed by atoms with E-state index in [1.165, 1.54) is 10.6 Å². The standard InChI is InChI=1S/C26H27BrF2N2O4/c1-17-24(27)25(32)31(26(33)30(17)15-20-21(28)10-7-11-22(20)29)14-19(18-8-3-2-4-9-18)16-35-23-12-5-6-13-34-23/h2-4,7-11,19,23H,5-6,12-16H2,1H3/t19-,23?/m0/s1. The van der Waals surface area contributed by atoms with Gasteiger partial charge in [-0.1, -0.05) is 36.4 Å². The second-order valence-corrected chi connectivity index (χ2v) is 9.41. The molecule has 0 amide bonds. The molecule has 1 aliphatic rings. The monoisotopic (exact) mass is 548 g/mol. The van der Waals surface area contributed by atoms with E-state index in [1.807, 2.05) is 30.3 Å². The second-order valence-electron chi connectivity index (χ2n) is 8.62. The molecule has 4 rings (SSSR count). The zero-order valence-corrected chi connectivity index (χ0v) is 21.0. The summed E-state index contributed by atoms with van der Waals surface area (Å²) in [4.78, 5) is 26.6. The number of benzene rings is 2. The number of ether oxygens (including phenoxy) is 2. The second kappa shape index (κ2) is 11.4. The first-order valence-electron chi connectivity index (χ1n) is 11.6. The first-order valence-corrected chi connectivity index (χ1v) is 12.4. The molecule has 9 heteroatoms. The van der Waals surface area contributed by atoms with Crippen molar-refractivity contribution in [2.24, 2.45) is 0 Å². The molecule has 6 nitrogen and oxygen atoms in total. The normalized spacial score (nSPS) is 16.9. The van der Waals surface area contributed by atoms with Crippen LogP contribution in [0.1, 0.15) is 42.0 Å². The maximum absolute atomic E-state index is 14.3. The van der Waals surface area contributed by atoms with Crippen LogP contribution in [0.3, 0.4) is 0 Å². The first kappa shape index (κ1) is 25.5.